The van der Waals surface area contributed by atoms with Crippen molar-refractivity contribution in [2.45, 2.75) is 33.4 Å². The van der Waals surface area contributed by atoms with E-state index in [0.717, 1.165) is 11.3 Å². The number of hydrogen-bond donors (Lipinski definition) is 0. The third kappa shape index (κ3) is 3.55. The van der Waals surface area contributed by atoms with Crippen molar-refractivity contribution in [3.8, 4) is 0 Å². The molecule has 0 aliphatic heterocycles. The fraction of sp³-hybridized carbons (Fsp3) is 0.500. The van der Waals surface area contributed by atoms with Gasteiger partial charge in [0.15, 0.2) is 0 Å². The second-order valence-corrected chi connectivity index (χ2v) is 5.47. The Labute approximate surface area is 133 Å². The van der Waals surface area contributed by atoms with Crippen LogP contribution in [0.1, 0.15) is 23.4 Å². The van der Waals surface area contributed by atoms with E-state index in [1.165, 1.54) is 10.9 Å². The van der Waals surface area contributed by atoms with Crippen LogP contribution in [0.25, 0.3) is 0 Å². The van der Waals surface area contributed by atoms with Crippen LogP contribution in [0.15, 0.2) is 12.4 Å². The Morgan fingerprint density at radius 3 is 2.52 bits per heavy atom. The van der Waals surface area contributed by atoms with Crippen molar-refractivity contribution >= 4 is 11.6 Å². The summed E-state index contributed by atoms with van der Waals surface area (Å²) in [6, 6.07) is 0. The first kappa shape index (κ1) is 16.7. The SMILES string of the molecule is Cc1c(CN(C)C(=O)CCn2ncc([N+](=O)[O-])c2C)cnn1C. The Kier molecular flexibility index (Phi) is 4.77. The third-order valence-electron chi connectivity index (χ3n) is 3.98. The van der Waals surface area contributed by atoms with Gasteiger partial charge in [-0.1, -0.05) is 0 Å². The zero-order valence-corrected chi connectivity index (χ0v) is 13.7. The molecule has 0 aliphatic rings. The van der Waals surface area contributed by atoms with E-state index in [-0.39, 0.29) is 18.0 Å². The van der Waals surface area contributed by atoms with Crippen molar-refractivity contribution in [1.82, 2.24) is 24.5 Å². The van der Waals surface area contributed by atoms with Crippen LogP contribution in [0, 0.1) is 24.0 Å². The lowest BCUT2D eigenvalue weighted by molar-refractivity contribution is -0.385. The van der Waals surface area contributed by atoms with Crippen molar-refractivity contribution < 1.29 is 9.72 Å². The number of rotatable bonds is 6. The Morgan fingerprint density at radius 1 is 1.30 bits per heavy atom. The predicted molar refractivity (Wildman–Crippen MR) is 82.7 cm³/mol. The van der Waals surface area contributed by atoms with Crippen molar-refractivity contribution in [3.05, 3.63) is 39.5 Å². The minimum Gasteiger partial charge on any atom is -0.341 e. The molecule has 2 aromatic heterocycles. The second-order valence-electron chi connectivity index (χ2n) is 5.47. The van der Waals surface area contributed by atoms with Crippen LogP contribution in [0.4, 0.5) is 5.69 Å². The van der Waals surface area contributed by atoms with Crippen LogP contribution < -0.4 is 0 Å². The number of carbonyl (C=O) groups is 1. The number of nitrogens with zero attached hydrogens (tertiary/aromatic N) is 6. The van der Waals surface area contributed by atoms with E-state index in [2.05, 4.69) is 10.2 Å². The van der Waals surface area contributed by atoms with Crippen molar-refractivity contribution in [2.24, 2.45) is 7.05 Å². The van der Waals surface area contributed by atoms with E-state index in [9.17, 15) is 14.9 Å². The highest BCUT2D eigenvalue weighted by atomic mass is 16.6. The van der Waals surface area contributed by atoms with Gasteiger partial charge in [0.1, 0.15) is 11.9 Å². The van der Waals surface area contributed by atoms with Gasteiger partial charge in [-0.05, 0) is 13.8 Å². The lowest BCUT2D eigenvalue weighted by Gasteiger charge is -2.17. The molecule has 0 saturated heterocycles. The van der Waals surface area contributed by atoms with Crippen molar-refractivity contribution in [3.63, 3.8) is 0 Å². The van der Waals surface area contributed by atoms with Gasteiger partial charge in [0, 0.05) is 38.3 Å². The summed E-state index contributed by atoms with van der Waals surface area (Å²) in [7, 11) is 3.58. The lowest BCUT2D eigenvalue weighted by Crippen LogP contribution is -2.27. The highest BCUT2D eigenvalue weighted by molar-refractivity contribution is 5.75. The number of hydrogen-bond acceptors (Lipinski definition) is 5. The Morgan fingerprint density at radius 2 is 2.00 bits per heavy atom. The summed E-state index contributed by atoms with van der Waals surface area (Å²) in [6.45, 7) is 4.37. The molecule has 0 radical (unpaired) electrons. The fourth-order valence-electron chi connectivity index (χ4n) is 2.28. The molecule has 2 rings (SSSR count). The van der Waals surface area contributed by atoms with E-state index in [0.29, 0.717) is 18.8 Å². The molecule has 0 bridgehead atoms. The first-order valence-electron chi connectivity index (χ1n) is 7.19. The molecule has 0 saturated carbocycles. The molecule has 0 aromatic carbocycles. The molecule has 0 N–H and O–H groups in total. The van der Waals surface area contributed by atoms with E-state index in [4.69, 9.17) is 0 Å². The van der Waals surface area contributed by atoms with E-state index in [1.807, 2.05) is 14.0 Å². The monoisotopic (exact) mass is 320 g/mol. The van der Waals surface area contributed by atoms with Gasteiger partial charge in [0.2, 0.25) is 5.91 Å². The van der Waals surface area contributed by atoms with Gasteiger partial charge in [-0.15, -0.1) is 0 Å². The van der Waals surface area contributed by atoms with Gasteiger partial charge in [-0.3, -0.25) is 24.3 Å². The zero-order valence-electron chi connectivity index (χ0n) is 13.7. The highest BCUT2D eigenvalue weighted by Crippen LogP contribution is 2.16. The van der Waals surface area contributed by atoms with Crippen LogP contribution in [-0.4, -0.2) is 42.3 Å². The molecule has 9 nitrogen and oxygen atoms in total. The van der Waals surface area contributed by atoms with Crippen molar-refractivity contribution in [2.75, 3.05) is 7.05 Å². The maximum atomic E-state index is 12.2. The first-order valence-corrected chi connectivity index (χ1v) is 7.19. The Balaban J connectivity index is 1.94. The Bertz CT molecular complexity index is 733. The predicted octanol–water partition coefficient (Wildman–Crippen LogP) is 1.19. The fourth-order valence-corrected chi connectivity index (χ4v) is 2.28. The summed E-state index contributed by atoms with van der Waals surface area (Å²) < 4.78 is 3.25. The standard InChI is InChI=1S/C14H20N6O3/c1-10-12(7-15-18(10)4)9-17(3)14(21)5-6-19-11(2)13(8-16-19)20(22)23/h7-8H,5-6,9H2,1-4H3. The molecule has 0 fully saturated rings. The molecule has 0 spiro atoms. The molecule has 0 aliphatic carbocycles. The molecular weight excluding hydrogens is 300 g/mol. The van der Waals surface area contributed by atoms with Crippen LogP contribution >= 0.6 is 0 Å². The molecule has 124 valence electrons. The van der Waals surface area contributed by atoms with Gasteiger partial charge < -0.3 is 4.90 Å². The van der Waals surface area contributed by atoms with E-state index in [1.54, 1.807) is 29.7 Å². The van der Waals surface area contributed by atoms with Crippen molar-refractivity contribution in [1.29, 1.82) is 0 Å². The van der Waals surface area contributed by atoms with Crippen LogP contribution in [0.5, 0.6) is 0 Å². The van der Waals surface area contributed by atoms with Crippen LogP contribution in [0.3, 0.4) is 0 Å². The molecule has 0 unspecified atom stereocenters. The van der Waals surface area contributed by atoms with Gasteiger partial charge in [-0.2, -0.15) is 10.2 Å². The molecule has 2 heterocycles. The number of amides is 1. The molecule has 1 amide bonds. The smallest absolute Gasteiger partial charge is 0.309 e. The highest BCUT2D eigenvalue weighted by Gasteiger charge is 2.18. The molecule has 2 aromatic rings. The minimum absolute atomic E-state index is 0.0308. The number of aromatic nitrogens is 4. The number of carbonyl (C=O) groups excluding carboxylic acids is 1. The molecule has 9 heteroatoms. The van der Waals surface area contributed by atoms with Crippen LogP contribution in [0.2, 0.25) is 0 Å². The van der Waals surface area contributed by atoms with Crippen LogP contribution in [-0.2, 0) is 24.9 Å². The zero-order chi connectivity index (χ0) is 17.1. The summed E-state index contributed by atoms with van der Waals surface area (Å²) in [4.78, 5) is 24.2. The quantitative estimate of drug-likeness (QED) is 0.588. The topological polar surface area (TPSA) is 99.1 Å². The number of aryl methyl sites for hydroxylation is 2. The first-order chi connectivity index (χ1) is 10.8. The summed E-state index contributed by atoms with van der Waals surface area (Å²) >= 11 is 0. The van der Waals surface area contributed by atoms with Gasteiger partial charge in [0.25, 0.3) is 0 Å². The summed E-state index contributed by atoms with van der Waals surface area (Å²) in [5.41, 5.74) is 2.43. The largest absolute Gasteiger partial charge is 0.341 e. The van der Waals surface area contributed by atoms with Gasteiger partial charge >= 0.3 is 5.69 Å². The van der Waals surface area contributed by atoms with Gasteiger partial charge in [0.05, 0.1) is 17.7 Å². The summed E-state index contributed by atoms with van der Waals surface area (Å²) in [5.74, 6) is -0.0502. The maximum Gasteiger partial charge on any atom is 0.309 e. The summed E-state index contributed by atoms with van der Waals surface area (Å²) in [6.07, 6.45) is 3.19. The van der Waals surface area contributed by atoms with E-state index >= 15 is 0 Å². The summed E-state index contributed by atoms with van der Waals surface area (Å²) in [5, 5.41) is 18.9. The van der Waals surface area contributed by atoms with Gasteiger partial charge in [-0.25, -0.2) is 0 Å². The molecule has 23 heavy (non-hydrogen) atoms. The number of nitro groups is 1. The average Bonchev–Trinajstić information content (AvgIpc) is 3.02. The normalized spacial score (nSPS) is 10.8. The average molecular weight is 320 g/mol. The Hall–Kier alpha value is -2.71. The van der Waals surface area contributed by atoms with E-state index < -0.39 is 4.92 Å². The second kappa shape index (κ2) is 6.59. The lowest BCUT2D eigenvalue weighted by atomic mass is 10.2. The molecule has 0 atom stereocenters. The minimum atomic E-state index is -0.474. The third-order valence-corrected chi connectivity index (χ3v) is 3.98. The molecular formula is C14H20N6O3. The maximum absolute atomic E-state index is 12.2.